The Labute approximate surface area is 160 Å². The summed E-state index contributed by atoms with van der Waals surface area (Å²) in [5, 5.41) is 21.8. The molecule has 9 nitrogen and oxygen atoms in total. The number of hydrogen-bond acceptors (Lipinski definition) is 6. The lowest BCUT2D eigenvalue weighted by Gasteiger charge is -2.38. The molecule has 0 aliphatic carbocycles. The Morgan fingerprint density at radius 1 is 1.32 bits per heavy atom. The van der Waals surface area contributed by atoms with E-state index in [1.807, 2.05) is 0 Å². The van der Waals surface area contributed by atoms with Crippen molar-refractivity contribution in [3.05, 3.63) is 74.2 Å². The number of carbonyl (C=O) groups excluding carboxylic acids is 1. The van der Waals surface area contributed by atoms with Crippen LogP contribution in [0.2, 0.25) is 0 Å². The number of non-ortho nitro benzene ring substituents is 1. The Hall–Kier alpha value is -3.46. The minimum Gasteiger partial charge on any atom is -0.483 e. The Bertz CT molecular complexity index is 1050. The number of nitrogens with zero attached hydrogens (tertiary/aromatic N) is 3. The number of hydrogen-bond donors (Lipinski definition) is 1. The van der Waals surface area contributed by atoms with E-state index < -0.39 is 16.4 Å². The topological polar surface area (TPSA) is 115 Å². The Morgan fingerprint density at radius 2 is 2.04 bits per heavy atom. The first-order valence-electron chi connectivity index (χ1n) is 8.48. The maximum atomic E-state index is 12.5. The normalized spacial score (nSPS) is 14.9. The summed E-state index contributed by atoms with van der Waals surface area (Å²) in [6.45, 7) is 4.43. The van der Waals surface area contributed by atoms with Gasteiger partial charge in [0.15, 0.2) is 0 Å². The summed E-state index contributed by atoms with van der Waals surface area (Å²) < 4.78 is 7.32. The number of nitro groups is 1. The van der Waals surface area contributed by atoms with Gasteiger partial charge in [-0.15, -0.1) is 0 Å². The van der Waals surface area contributed by atoms with Crippen molar-refractivity contribution in [1.29, 1.82) is 0 Å². The van der Waals surface area contributed by atoms with Gasteiger partial charge >= 0.3 is 0 Å². The number of ether oxygens (including phenoxy) is 1. The standard InChI is InChI=1S/C19H19N3O6/c1-12(23)21(25)11-15-18(20-9-5-4-6-17(20)24)14-10-13(22(26)27)7-8-16(14)28-19(15,2)3/h4-10,25H,11H2,1-3H3. The number of benzene rings is 1. The number of aromatic nitrogens is 1. The summed E-state index contributed by atoms with van der Waals surface area (Å²) in [5.74, 6) is -0.231. The molecule has 9 heteroatoms. The van der Waals surface area contributed by atoms with Crippen LogP contribution < -0.4 is 10.3 Å². The lowest BCUT2D eigenvalue weighted by molar-refractivity contribution is -0.384. The van der Waals surface area contributed by atoms with E-state index in [4.69, 9.17) is 4.74 Å². The van der Waals surface area contributed by atoms with Crippen LogP contribution in [-0.4, -0.2) is 37.8 Å². The fourth-order valence-corrected chi connectivity index (χ4v) is 3.10. The van der Waals surface area contributed by atoms with Crippen molar-refractivity contribution in [1.82, 2.24) is 9.63 Å². The minimum atomic E-state index is -0.996. The molecule has 3 rings (SSSR count). The number of carbonyl (C=O) groups is 1. The summed E-state index contributed by atoms with van der Waals surface area (Å²) in [7, 11) is 0. The Balaban J connectivity index is 2.37. The molecule has 1 aromatic carbocycles. The van der Waals surface area contributed by atoms with Crippen LogP contribution >= 0.6 is 0 Å². The summed E-state index contributed by atoms with van der Waals surface area (Å²) in [4.78, 5) is 34.8. The number of nitro benzene ring substituents is 1. The van der Waals surface area contributed by atoms with E-state index in [0.29, 0.717) is 27.6 Å². The van der Waals surface area contributed by atoms with Crippen molar-refractivity contribution >= 4 is 17.3 Å². The number of hydroxylamine groups is 2. The van der Waals surface area contributed by atoms with Crippen LogP contribution in [0.3, 0.4) is 0 Å². The molecule has 1 aliphatic rings. The van der Waals surface area contributed by atoms with E-state index in [2.05, 4.69) is 0 Å². The monoisotopic (exact) mass is 385 g/mol. The molecule has 0 atom stereocenters. The van der Waals surface area contributed by atoms with Gasteiger partial charge in [0.2, 0.25) is 5.91 Å². The Kier molecular flexibility index (Phi) is 4.78. The van der Waals surface area contributed by atoms with Gasteiger partial charge in [0.05, 0.1) is 17.2 Å². The zero-order valence-corrected chi connectivity index (χ0v) is 15.6. The molecule has 2 aromatic rings. The van der Waals surface area contributed by atoms with Gasteiger partial charge in [0, 0.05) is 42.5 Å². The van der Waals surface area contributed by atoms with Crippen molar-refractivity contribution < 1.29 is 19.7 Å². The summed E-state index contributed by atoms with van der Waals surface area (Å²) in [6.07, 6.45) is 1.52. The second kappa shape index (κ2) is 6.93. The van der Waals surface area contributed by atoms with Gasteiger partial charge < -0.3 is 4.74 Å². The second-order valence-corrected chi connectivity index (χ2v) is 6.86. The van der Waals surface area contributed by atoms with Gasteiger partial charge in [-0.05, 0) is 26.0 Å². The average Bonchev–Trinajstić information content (AvgIpc) is 2.62. The smallest absolute Gasteiger partial charge is 0.270 e. The third-order valence-corrected chi connectivity index (χ3v) is 4.54. The maximum Gasteiger partial charge on any atom is 0.270 e. The second-order valence-electron chi connectivity index (χ2n) is 6.86. The molecule has 0 saturated heterocycles. The van der Waals surface area contributed by atoms with E-state index in [0.717, 1.165) is 0 Å². The molecular formula is C19H19N3O6. The van der Waals surface area contributed by atoms with E-state index in [-0.39, 0.29) is 17.8 Å². The zero-order chi connectivity index (χ0) is 20.6. The van der Waals surface area contributed by atoms with Gasteiger partial charge in [-0.25, -0.2) is 5.06 Å². The van der Waals surface area contributed by atoms with Crippen molar-refractivity contribution in [2.75, 3.05) is 6.54 Å². The van der Waals surface area contributed by atoms with Crippen molar-refractivity contribution in [3.8, 4) is 5.75 Å². The summed E-state index contributed by atoms with van der Waals surface area (Å²) >= 11 is 0. The molecule has 0 spiro atoms. The van der Waals surface area contributed by atoms with Crippen LogP contribution in [0.15, 0.2) is 53.0 Å². The van der Waals surface area contributed by atoms with E-state index in [1.165, 1.54) is 42.0 Å². The molecule has 1 amide bonds. The van der Waals surface area contributed by atoms with Crippen LogP contribution in [0, 0.1) is 10.1 Å². The van der Waals surface area contributed by atoms with Crippen LogP contribution in [0.5, 0.6) is 5.75 Å². The SMILES string of the molecule is CC(=O)N(O)CC1=C(n2ccccc2=O)c2cc([N+](=O)[O-])ccc2OC1(C)C. The number of fused-ring (bicyclic) bond motifs is 1. The molecular weight excluding hydrogens is 366 g/mol. The molecule has 2 heterocycles. The first kappa shape index (κ1) is 19.3. The average molecular weight is 385 g/mol. The van der Waals surface area contributed by atoms with Crippen LogP contribution in [0.4, 0.5) is 5.69 Å². The maximum absolute atomic E-state index is 12.5. The highest BCUT2D eigenvalue weighted by molar-refractivity contribution is 5.79. The molecule has 0 bridgehead atoms. The largest absolute Gasteiger partial charge is 0.483 e. The minimum absolute atomic E-state index is 0.171. The van der Waals surface area contributed by atoms with Gasteiger partial charge in [-0.3, -0.25) is 29.5 Å². The summed E-state index contributed by atoms with van der Waals surface area (Å²) in [6, 6.07) is 8.68. The fraction of sp³-hybridized carbons (Fsp3) is 0.263. The first-order valence-corrected chi connectivity index (χ1v) is 8.48. The highest BCUT2D eigenvalue weighted by Crippen LogP contribution is 2.42. The van der Waals surface area contributed by atoms with Crippen molar-refractivity contribution in [3.63, 3.8) is 0 Å². The molecule has 1 aliphatic heterocycles. The van der Waals surface area contributed by atoms with Crippen molar-refractivity contribution in [2.24, 2.45) is 0 Å². The highest BCUT2D eigenvalue weighted by Gasteiger charge is 2.38. The molecule has 0 saturated carbocycles. The third-order valence-electron chi connectivity index (χ3n) is 4.54. The highest BCUT2D eigenvalue weighted by atomic mass is 16.6. The number of rotatable bonds is 4. The summed E-state index contributed by atoms with van der Waals surface area (Å²) in [5.41, 5.74) is -0.446. The van der Waals surface area contributed by atoms with Crippen LogP contribution in [0.1, 0.15) is 26.3 Å². The van der Waals surface area contributed by atoms with Gasteiger partial charge in [0.1, 0.15) is 11.4 Å². The fourth-order valence-electron chi connectivity index (χ4n) is 3.10. The quantitative estimate of drug-likeness (QED) is 0.491. The van der Waals surface area contributed by atoms with Gasteiger partial charge in [0.25, 0.3) is 11.2 Å². The molecule has 1 aromatic heterocycles. The molecule has 0 fully saturated rings. The molecule has 146 valence electrons. The van der Waals surface area contributed by atoms with Crippen LogP contribution in [-0.2, 0) is 4.79 Å². The van der Waals surface area contributed by atoms with Gasteiger partial charge in [-0.2, -0.15) is 0 Å². The molecule has 28 heavy (non-hydrogen) atoms. The zero-order valence-electron chi connectivity index (χ0n) is 15.6. The van der Waals surface area contributed by atoms with Gasteiger partial charge in [-0.1, -0.05) is 6.07 Å². The number of pyridine rings is 1. The number of amides is 1. The lowest BCUT2D eigenvalue weighted by atomic mass is 9.88. The predicted molar refractivity (Wildman–Crippen MR) is 100.0 cm³/mol. The van der Waals surface area contributed by atoms with E-state index in [9.17, 15) is 24.9 Å². The molecule has 1 N–H and O–H groups in total. The van der Waals surface area contributed by atoms with Crippen LogP contribution in [0.25, 0.3) is 5.70 Å². The first-order chi connectivity index (χ1) is 13.1. The predicted octanol–water partition coefficient (Wildman–Crippen LogP) is 2.42. The Morgan fingerprint density at radius 3 is 2.64 bits per heavy atom. The van der Waals surface area contributed by atoms with E-state index in [1.54, 1.807) is 26.0 Å². The molecule has 0 unspecified atom stereocenters. The third kappa shape index (κ3) is 3.39. The lowest BCUT2D eigenvalue weighted by Crippen LogP contribution is -2.42. The van der Waals surface area contributed by atoms with E-state index >= 15 is 0 Å². The van der Waals surface area contributed by atoms with Crippen molar-refractivity contribution in [2.45, 2.75) is 26.4 Å². The molecule has 0 radical (unpaired) electrons.